The molecular formula is C22H29NO4. The SMILES string of the molecule is C=C[C@@H]1C(C(=O)OC(C)(C)C)C(=O)N2[C@H](c3ccccc3)CO[C@H]2[C@@H]1CC. The Morgan fingerprint density at radius 2 is 2.00 bits per heavy atom. The molecule has 1 aromatic carbocycles. The third kappa shape index (κ3) is 3.65. The van der Waals surface area contributed by atoms with Crippen LogP contribution in [-0.4, -0.2) is 35.2 Å². The Bertz CT molecular complexity index is 709. The molecule has 27 heavy (non-hydrogen) atoms. The molecule has 146 valence electrons. The van der Waals surface area contributed by atoms with Gasteiger partial charge in [-0.25, -0.2) is 0 Å². The van der Waals surface area contributed by atoms with Crippen molar-refractivity contribution in [1.29, 1.82) is 0 Å². The number of esters is 1. The highest BCUT2D eigenvalue weighted by molar-refractivity contribution is 5.99. The predicted molar refractivity (Wildman–Crippen MR) is 103 cm³/mol. The van der Waals surface area contributed by atoms with Crippen LogP contribution in [0, 0.1) is 17.8 Å². The van der Waals surface area contributed by atoms with Gasteiger partial charge in [-0.3, -0.25) is 9.59 Å². The minimum atomic E-state index is -0.879. The lowest BCUT2D eigenvalue weighted by Gasteiger charge is -2.44. The number of carbonyl (C=O) groups excluding carboxylic acids is 2. The highest BCUT2D eigenvalue weighted by Gasteiger charge is 2.55. The van der Waals surface area contributed by atoms with E-state index in [1.807, 2.05) is 51.1 Å². The monoisotopic (exact) mass is 371 g/mol. The van der Waals surface area contributed by atoms with Crippen LogP contribution in [0.25, 0.3) is 0 Å². The summed E-state index contributed by atoms with van der Waals surface area (Å²) in [5.74, 6) is -1.88. The zero-order valence-electron chi connectivity index (χ0n) is 16.6. The molecule has 1 amide bonds. The van der Waals surface area contributed by atoms with Gasteiger partial charge in [0.2, 0.25) is 5.91 Å². The van der Waals surface area contributed by atoms with Gasteiger partial charge in [0.15, 0.2) is 0 Å². The summed E-state index contributed by atoms with van der Waals surface area (Å²) in [6.45, 7) is 11.8. The van der Waals surface area contributed by atoms with Crippen molar-refractivity contribution in [2.24, 2.45) is 17.8 Å². The van der Waals surface area contributed by atoms with Crippen LogP contribution in [0.3, 0.4) is 0 Å². The van der Waals surface area contributed by atoms with Crippen molar-refractivity contribution in [3.63, 3.8) is 0 Å². The first-order valence-corrected chi connectivity index (χ1v) is 9.62. The molecule has 0 spiro atoms. The Balaban J connectivity index is 1.98. The number of carbonyl (C=O) groups is 2. The molecule has 2 saturated heterocycles. The zero-order valence-corrected chi connectivity index (χ0v) is 16.6. The van der Waals surface area contributed by atoms with Crippen LogP contribution in [0.5, 0.6) is 0 Å². The van der Waals surface area contributed by atoms with Crippen molar-refractivity contribution in [2.45, 2.75) is 52.0 Å². The number of nitrogens with zero attached hydrogens (tertiary/aromatic N) is 1. The van der Waals surface area contributed by atoms with Crippen molar-refractivity contribution in [3.8, 4) is 0 Å². The highest BCUT2D eigenvalue weighted by Crippen LogP contribution is 2.45. The summed E-state index contributed by atoms with van der Waals surface area (Å²) >= 11 is 0. The number of hydrogen-bond donors (Lipinski definition) is 0. The maximum atomic E-state index is 13.4. The Kier molecular flexibility index (Phi) is 5.43. The van der Waals surface area contributed by atoms with Gasteiger partial charge in [0.1, 0.15) is 17.7 Å². The smallest absolute Gasteiger partial charge is 0.319 e. The number of amides is 1. The molecule has 1 aromatic rings. The molecule has 0 bridgehead atoms. The number of fused-ring (bicyclic) bond motifs is 1. The van der Waals surface area contributed by atoms with Gasteiger partial charge in [-0.2, -0.15) is 0 Å². The number of hydrogen-bond acceptors (Lipinski definition) is 4. The van der Waals surface area contributed by atoms with E-state index in [-0.39, 0.29) is 30.0 Å². The van der Waals surface area contributed by atoms with Gasteiger partial charge >= 0.3 is 5.97 Å². The van der Waals surface area contributed by atoms with Gasteiger partial charge in [0.05, 0.1) is 12.6 Å². The summed E-state index contributed by atoms with van der Waals surface area (Å²) in [6.07, 6.45) is 2.16. The first-order chi connectivity index (χ1) is 12.8. The lowest BCUT2D eigenvalue weighted by atomic mass is 9.74. The number of rotatable bonds is 4. The average Bonchev–Trinajstić information content (AvgIpc) is 3.05. The molecule has 2 fully saturated rings. The molecule has 5 atom stereocenters. The van der Waals surface area contributed by atoms with Gasteiger partial charge in [-0.15, -0.1) is 6.58 Å². The maximum Gasteiger partial charge on any atom is 0.319 e. The van der Waals surface area contributed by atoms with Crippen LogP contribution in [0.1, 0.15) is 45.7 Å². The molecule has 5 heteroatoms. The van der Waals surface area contributed by atoms with Crippen molar-refractivity contribution in [3.05, 3.63) is 48.6 Å². The van der Waals surface area contributed by atoms with E-state index in [2.05, 4.69) is 13.5 Å². The molecule has 2 aliphatic heterocycles. The maximum absolute atomic E-state index is 13.4. The second-order valence-corrected chi connectivity index (χ2v) is 8.29. The topological polar surface area (TPSA) is 55.8 Å². The van der Waals surface area contributed by atoms with Gasteiger partial charge in [-0.1, -0.05) is 43.3 Å². The van der Waals surface area contributed by atoms with Crippen LogP contribution in [-0.2, 0) is 19.1 Å². The first-order valence-electron chi connectivity index (χ1n) is 9.62. The van der Waals surface area contributed by atoms with Gasteiger partial charge in [0, 0.05) is 11.8 Å². The molecule has 0 aliphatic carbocycles. The minimum Gasteiger partial charge on any atom is -0.459 e. The standard InChI is InChI=1S/C22H29NO4/c1-6-15-16(7-2)20-23(17(13-26-20)14-11-9-8-10-12-14)19(24)18(15)21(25)27-22(3,4)5/h6,8-12,15-18,20H,1,7,13H2,2-5H3/t15-,16+,17-,18?,20-/m0/s1. The fourth-order valence-electron chi connectivity index (χ4n) is 4.24. The highest BCUT2D eigenvalue weighted by atomic mass is 16.6. The average molecular weight is 371 g/mol. The largest absolute Gasteiger partial charge is 0.459 e. The molecule has 5 nitrogen and oxygen atoms in total. The van der Waals surface area contributed by atoms with E-state index < -0.39 is 17.5 Å². The molecule has 0 aromatic heterocycles. The van der Waals surface area contributed by atoms with E-state index in [0.717, 1.165) is 12.0 Å². The summed E-state index contributed by atoms with van der Waals surface area (Å²) < 4.78 is 11.7. The van der Waals surface area contributed by atoms with E-state index in [1.54, 1.807) is 11.0 Å². The van der Waals surface area contributed by atoms with Crippen LogP contribution in [0.2, 0.25) is 0 Å². The molecule has 0 saturated carbocycles. The zero-order chi connectivity index (χ0) is 19.8. The lowest BCUT2D eigenvalue weighted by molar-refractivity contribution is -0.179. The van der Waals surface area contributed by atoms with Gasteiger partial charge < -0.3 is 14.4 Å². The predicted octanol–water partition coefficient (Wildman–Crippen LogP) is 3.71. The molecule has 0 N–H and O–H groups in total. The Morgan fingerprint density at radius 1 is 1.33 bits per heavy atom. The van der Waals surface area contributed by atoms with Crippen LogP contribution < -0.4 is 0 Å². The van der Waals surface area contributed by atoms with E-state index in [0.29, 0.717) is 6.61 Å². The fraction of sp³-hybridized carbons (Fsp3) is 0.545. The van der Waals surface area contributed by atoms with Gasteiger partial charge in [0.25, 0.3) is 0 Å². The molecule has 2 aliphatic rings. The van der Waals surface area contributed by atoms with Crippen molar-refractivity contribution in [1.82, 2.24) is 4.90 Å². The third-order valence-corrected chi connectivity index (χ3v) is 5.39. The first kappa shape index (κ1) is 19.6. The minimum absolute atomic E-state index is 0.00595. The number of benzene rings is 1. The summed E-state index contributed by atoms with van der Waals surface area (Å²) in [5.41, 5.74) is 0.366. The van der Waals surface area contributed by atoms with Crippen LogP contribution >= 0.6 is 0 Å². The van der Waals surface area contributed by atoms with E-state index in [1.165, 1.54) is 0 Å². The summed E-state index contributed by atoms with van der Waals surface area (Å²) in [7, 11) is 0. The van der Waals surface area contributed by atoms with Crippen LogP contribution in [0.4, 0.5) is 0 Å². The molecular weight excluding hydrogens is 342 g/mol. The van der Waals surface area contributed by atoms with E-state index in [9.17, 15) is 9.59 Å². The molecule has 2 heterocycles. The Morgan fingerprint density at radius 3 is 2.56 bits per heavy atom. The lowest BCUT2D eigenvalue weighted by Crippen LogP contribution is -2.57. The second-order valence-electron chi connectivity index (χ2n) is 8.29. The quantitative estimate of drug-likeness (QED) is 0.460. The number of allylic oxidation sites excluding steroid dienone is 1. The summed E-state index contributed by atoms with van der Waals surface area (Å²) in [4.78, 5) is 28.1. The Hall–Kier alpha value is -2.14. The fourth-order valence-corrected chi connectivity index (χ4v) is 4.24. The molecule has 3 rings (SSSR count). The van der Waals surface area contributed by atoms with E-state index >= 15 is 0 Å². The molecule has 1 unspecified atom stereocenters. The van der Waals surface area contributed by atoms with Crippen molar-refractivity contribution >= 4 is 11.9 Å². The number of ether oxygens (including phenoxy) is 2. The number of piperidine rings is 1. The normalized spacial score (nSPS) is 30.7. The third-order valence-electron chi connectivity index (χ3n) is 5.39. The second kappa shape index (κ2) is 7.47. The van der Waals surface area contributed by atoms with Crippen LogP contribution in [0.15, 0.2) is 43.0 Å². The van der Waals surface area contributed by atoms with E-state index in [4.69, 9.17) is 9.47 Å². The van der Waals surface area contributed by atoms with Crippen molar-refractivity contribution < 1.29 is 19.1 Å². The summed E-state index contributed by atoms with van der Waals surface area (Å²) in [6, 6.07) is 9.65. The Labute approximate surface area is 161 Å². The van der Waals surface area contributed by atoms with Gasteiger partial charge in [-0.05, 0) is 32.8 Å². The van der Waals surface area contributed by atoms with Crippen molar-refractivity contribution in [2.75, 3.05) is 6.61 Å². The molecule has 0 radical (unpaired) electrons. The summed E-state index contributed by atoms with van der Waals surface area (Å²) in [5, 5.41) is 0.